The number of piperidine rings is 1. The summed E-state index contributed by atoms with van der Waals surface area (Å²) >= 11 is 0. The van der Waals surface area contributed by atoms with Crippen LogP contribution in [-0.2, 0) is 16.6 Å². The van der Waals surface area contributed by atoms with Crippen molar-refractivity contribution in [2.45, 2.75) is 46.1 Å². The Morgan fingerprint density at radius 1 is 1.16 bits per heavy atom. The van der Waals surface area contributed by atoms with Crippen molar-refractivity contribution in [3.8, 4) is 0 Å². The molecule has 1 aromatic carbocycles. The van der Waals surface area contributed by atoms with Gasteiger partial charge in [-0.2, -0.15) is 12.7 Å². The molecule has 3 N–H and O–H groups in total. The van der Waals surface area contributed by atoms with Crippen LogP contribution >= 0.6 is 0 Å². The molecule has 0 amide bonds. The molecule has 7 nitrogen and oxygen atoms in total. The van der Waals surface area contributed by atoms with Crippen LogP contribution in [-0.4, -0.2) is 49.0 Å². The first kappa shape index (κ1) is 24.6. The van der Waals surface area contributed by atoms with Gasteiger partial charge in [-0.3, -0.25) is 9.71 Å². The average Bonchev–Trinajstić information content (AvgIpc) is 2.77. The molecule has 176 valence electrons. The molecule has 1 aliphatic rings. The average molecular weight is 461 g/mol. The molecule has 0 radical (unpaired) electrons. The highest BCUT2D eigenvalue weighted by molar-refractivity contribution is 7.90. The van der Waals surface area contributed by atoms with Crippen LogP contribution < -0.4 is 10.0 Å². The molecule has 0 bridgehead atoms. The Kier molecular flexibility index (Phi) is 8.27. The maximum Gasteiger partial charge on any atom is 0.301 e. The highest BCUT2D eigenvalue weighted by Gasteiger charge is 2.33. The predicted molar refractivity (Wildman–Crippen MR) is 129 cm³/mol. The highest BCUT2D eigenvalue weighted by atomic mass is 32.2. The van der Waals surface area contributed by atoms with Crippen LogP contribution in [0.2, 0.25) is 0 Å². The molecule has 8 heteroatoms. The van der Waals surface area contributed by atoms with Crippen LogP contribution in [0.1, 0.15) is 50.8 Å². The molecule has 1 saturated heterocycles. The lowest BCUT2D eigenvalue weighted by molar-refractivity contribution is 0.154. The number of nitrogens with one attached hydrogen (secondary N) is 2. The molecular formula is C24H36N4O3S. The van der Waals surface area contributed by atoms with Gasteiger partial charge in [0.15, 0.2) is 0 Å². The number of aliphatic hydroxyl groups excluding tert-OH is 1. The quantitative estimate of drug-likeness (QED) is 0.499. The van der Waals surface area contributed by atoms with Crippen molar-refractivity contribution in [2.24, 2.45) is 11.3 Å². The van der Waals surface area contributed by atoms with Gasteiger partial charge in [-0.05, 0) is 60.9 Å². The van der Waals surface area contributed by atoms with E-state index in [2.05, 4.69) is 35.8 Å². The number of anilines is 1. The van der Waals surface area contributed by atoms with Gasteiger partial charge in [-0.1, -0.05) is 39.0 Å². The van der Waals surface area contributed by atoms with E-state index in [1.807, 2.05) is 24.3 Å². The van der Waals surface area contributed by atoms with Crippen molar-refractivity contribution in [2.75, 3.05) is 30.9 Å². The number of hydrogen-bond acceptors (Lipinski definition) is 5. The first-order valence-electron chi connectivity index (χ1n) is 11.3. The molecule has 2 heterocycles. The molecule has 0 saturated carbocycles. The molecule has 1 atom stereocenters. The summed E-state index contributed by atoms with van der Waals surface area (Å²) in [6, 6.07) is 11.1. The molecule has 1 aromatic heterocycles. The van der Waals surface area contributed by atoms with Crippen LogP contribution in [0.5, 0.6) is 0 Å². The lowest BCUT2D eigenvalue weighted by Gasteiger charge is -2.38. The summed E-state index contributed by atoms with van der Waals surface area (Å²) in [4.78, 5) is 4.02. The zero-order valence-electron chi connectivity index (χ0n) is 19.3. The van der Waals surface area contributed by atoms with Crippen LogP contribution in [0.15, 0.2) is 48.8 Å². The molecule has 1 fully saturated rings. The van der Waals surface area contributed by atoms with Gasteiger partial charge in [0.2, 0.25) is 0 Å². The summed E-state index contributed by atoms with van der Waals surface area (Å²) in [6.45, 7) is 8.96. The number of hydrogen-bond donors (Lipinski definition) is 3. The third kappa shape index (κ3) is 7.00. The van der Waals surface area contributed by atoms with Crippen LogP contribution in [0.4, 0.5) is 5.69 Å². The topological polar surface area (TPSA) is 94.6 Å². The van der Waals surface area contributed by atoms with E-state index in [9.17, 15) is 13.5 Å². The van der Waals surface area contributed by atoms with Gasteiger partial charge in [0.05, 0.1) is 6.10 Å². The molecular weight excluding hydrogens is 424 g/mol. The van der Waals surface area contributed by atoms with E-state index < -0.39 is 16.3 Å². The second-order valence-corrected chi connectivity index (χ2v) is 11.3. The number of rotatable bonds is 9. The zero-order chi connectivity index (χ0) is 23.2. The van der Waals surface area contributed by atoms with Crippen molar-refractivity contribution in [1.82, 2.24) is 14.6 Å². The summed E-state index contributed by atoms with van der Waals surface area (Å²) in [5, 5.41) is 13.4. The Labute approximate surface area is 192 Å². The summed E-state index contributed by atoms with van der Waals surface area (Å²) in [7, 11) is -3.54. The second kappa shape index (κ2) is 10.7. The van der Waals surface area contributed by atoms with E-state index in [1.165, 1.54) is 0 Å². The number of pyridine rings is 1. The van der Waals surface area contributed by atoms with E-state index in [-0.39, 0.29) is 5.41 Å². The summed E-state index contributed by atoms with van der Waals surface area (Å²) < 4.78 is 29.8. The maximum atomic E-state index is 12.8. The van der Waals surface area contributed by atoms with E-state index in [4.69, 9.17) is 0 Å². The molecule has 0 spiro atoms. The van der Waals surface area contributed by atoms with Gasteiger partial charge in [0.25, 0.3) is 0 Å². The summed E-state index contributed by atoms with van der Waals surface area (Å²) in [5.74, 6) is 0.548. The summed E-state index contributed by atoms with van der Waals surface area (Å²) in [6.07, 6.45) is 5.33. The molecule has 32 heavy (non-hydrogen) atoms. The van der Waals surface area contributed by atoms with Crippen LogP contribution in [0, 0.1) is 11.3 Å². The van der Waals surface area contributed by atoms with Crippen LogP contribution in [0.25, 0.3) is 0 Å². The number of aromatic nitrogens is 1. The molecule has 0 aliphatic carbocycles. The fourth-order valence-corrected chi connectivity index (χ4v) is 5.33. The normalized spacial score (nSPS) is 17.2. The lowest BCUT2D eigenvalue weighted by Crippen LogP contribution is -2.43. The minimum absolute atomic E-state index is 0.213. The standard InChI is InChI=1S/C24H36N4O3S/c1-24(2,3)21-11-15-28(16-12-21)32(30,31)27-22-8-6-19(7-9-22)10-14-26-18-23(29)20-5-4-13-25-17-20/h4-9,13,17,21,23,26-27,29H,10-12,14-16,18H2,1-3H3/t23-/m0/s1. The Bertz CT molecular complexity index is 935. The maximum absolute atomic E-state index is 12.8. The number of nitrogens with zero attached hydrogens (tertiary/aromatic N) is 2. The fourth-order valence-electron chi connectivity index (χ4n) is 4.08. The van der Waals surface area contributed by atoms with Gasteiger partial charge in [-0.25, -0.2) is 0 Å². The van der Waals surface area contributed by atoms with Crippen molar-refractivity contribution >= 4 is 15.9 Å². The monoisotopic (exact) mass is 460 g/mol. The largest absolute Gasteiger partial charge is 0.387 e. The number of aliphatic hydroxyl groups is 1. The van der Waals surface area contributed by atoms with Crippen molar-refractivity contribution in [3.05, 3.63) is 59.9 Å². The van der Waals surface area contributed by atoms with E-state index >= 15 is 0 Å². The Balaban J connectivity index is 1.43. The minimum Gasteiger partial charge on any atom is -0.387 e. The molecule has 3 rings (SSSR count). The van der Waals surface area contributed by atoms with E-state index in [0.717, 1.165) is 30.4 Å². The first-order valence-corrected chi connectivity index (χ1v) is 12.7. The third-order valence-electron chi connectivity index (χ3n) is 6.22. The van der Waals surface area contributed by atoms with Crippen molar-refractivity contribution in [3.63, 3.8) is 0 Å². The Hall–Kier alpha value is -2.00. The Morgan fingerprint density at radius 2 is 1.84 bits per heavy atom. The first-order chi connectivity index (χ1) is 15.1. The summed E-state index contributed by atoms with van der Waals surface area (Å²) in [5.41, 5.74) is 2.68. The SMILES string of the molecule is CC(C)(C)C1CCN(S(=O)(=O)Nc2ccc(CCNC[C@H](O)c3cccnc3)cc2)CC1. The minimum atomic E-state index is -3.54. The van der Waals surface area contributed by atoms with Crippen LogP contribution in [0.3, 0.4) is 0 Å². The molecule has 0 unspecified atom stereocenters. The highest BCUT2D eigenvalue weighted by Crippen LogP contribution is 2.35. The zero-order valence-corrected chi connectivity index (χ0v) is 20.1. The van der Waals surface area contributed by atoms with Crippen molar-refractivity contribution < 1.29 is 13.5 Å². The third-order valence-corrected chi connectivity index (χ3v) is 7.76. The van der Waals surface area contributed by atoms with Gasteiger partial charge < -0.3 is 10.4 Å². The second-order valence-electron chi connectivity index (χ2n) is 9.60. The van der Waals surface area contributed by atoms with Crippen molar-refractivity contribution in [1.29, 1.82) is 0 Å². The number of benzene rings is 1. The van der Waals surface area contributed by atoms with E-state index in [0.29, 0.717) is 37.8 Å². The van der Waals surface area contributed by atoms with Gasteiger partial charge in [0, 0.05) is 43.3 Å². The fraction of sp³-hybridized carbons (Fsp3) is 0.542. The Morgan fingerprint density at radius 3 is 2.44 bits per heavy atom. The van der Waals surface area contributed by atoms with Gasteiger partial charge >= 0.3 is 10.2 Å². The molecule has 1 aliphatic heterocycles. The molecule has 2 aromatic rings. The van der Waals surface area contributed by atoms with Gasteiger partial charge in [-0.15, -0.1) is 0 Å². The predicted octanol–water partition coefficient (Wildman–Crippen LogP) is 3.36. The van der Waals surface area contributed by atoms with Gasteiger partial charge in [0.1, 0.15) is 0 Å². The lowest BCUT2D eigenvalue weighted by atomic mass is 9.76. The smallest absolute Gasteiger partial charge is 0.301 e. The van der Waals surface area contributed by atoms with E-state index in [1.54, 1.807) is 28.8 Å².